The molecule has 0 spiro atoms. The Kier molecular flexibility index (Phi) is 6.49. The summed E-state index contributed by atoms with van der Waals surface area (Å²) in [5, 5.41) is 20.0. The van der Waals surface area contributed by atoms with Crippen LogP contribution < -0.4 is 9.47 Å². The zero-order chi connectivity index (χ0) is 23.7. The number of fused-ring (bicyclic) bond motifs is 1. The summed E-state index contributed by atoms with van der Waals surface area (Å²) in [6, 6.07) is 7.05. The van der Waals surface area contributed by atoms with Gasteiger partial charge in [0.05, 0.1) is 47.9 Å². The standard InChI is InChI=1S/C24H24ClN3O5/c1-12(24(30)31)23(29)15-5-4-14-6-7-19(33-20(14)8-15)22-13(2)28-18(11-27-22)16-9-21(32-3)26-10-17(16)25/h4-5,8-12,19,23,29H,6-7H2,1-3H3,(H,30,31)/t12-,19?,23+/m0/s1. The number of halogens is 1. The summed E-state index contributed by atoms with van der Waals surface area (Å²) in [4.78, 5) is 24.6. The predicted octanol–water partition coefficient (Wildman–Crippen LogP) is 4.33. The summed E-state index contributed by atoms with van der Waals surface area (Å²) in [6.07, 6.45) is 3.21. The van der Waals surface area contributed by atoms with Crippen LogP contribution >= 0.6 is 11.6 Å². The molecule has 0 saturated carbocycles. The van der Waals surface area contributed by atoms with Crippen LogP contribution in [0.1, 0.15) is 48.1 Å². The number of methoxy groups -OCH3 is 1. The van der Waals surface area contributed by atoms with E-state index < -0.39 is 18.0 Å². The van der Waals surface area contributed by atoms with Gasteiger partial charge in [-0.2, -0.15) is 0 Å². The van der Waals surface area contributed by atoms with Crippen LogP contribution in [0.3, 0.4) is 0 Å². The first kappa shape index (κ1) is 22.9. The molecular formula is C24H24ClN3O5. The number of nitrogens with zero attached hydrogens (tertiary/aromatic N) is 3. The van der Waals surface area contributed by atoms with Crippen molar-refractivity contribution in [3.05, 3.63) is 64.2 Å². The number of aliphatic hydroxyl groups excluding tert-OH is 1. The fraction of sp³-hybridized carbons (Fsp3) is 0.333. The molecule has 0 radical (unpaired) electrons. The van der Waals surface area contributed by atoms with E-state index in [-0.39, 0.29) is 6.10 Å². The number of carboxylic acids is 1. The maximum absolute atomic E-state index is 11.2. The van der Waals surface area contributed by atoms with E-state index >= 15 is 0 Å². The van der Waals surface area contributed by atoms with Crippen molar-refractivity contribution in [2.75, 3.05) is 7.11 Å². The molecule has 1 aromatic carbocycles. The summed E-state index contributed by atoms with van der Waals surface area (Å²) < 4.78 is 11.4. The second kappa shape index (κ2) is 9.33. The molecule has 0 bridgehead atoms. The topological polar surface area (TPSA) is 115 Å². The third-order valence-electron chi connectivity index (χ3n) is 5.85. The Morgan fingerprint density at radius 2 is 2.06 bits per heavy atom. The molecule has 0 amide bonds. The van der Waals surface area contributed by atoms with Crippen molar-refractivity contribution in [3.63, 3.8) is 0 Å². The molecule has 8 nitrogen and oxygen atoms in total. The van der Waals surface area contributed by atoms with E-state index in [1.165, 1.54) is 20.2 Å². The number of carbonyl (C=O) groups is 1. The molecule has 172 valence electrons. The number of benzene rings is 1. The predicted molar refractivity (Wildman–Crippen MR) is 121 cm³/mol. The molecule has 1 aliphatic heterocycles. The van der Waals surface area contributed by atoms with Gasteiger partial charge in [0.1, 0.15) is 17.5 Å². The van der Waals surface area contributed by atoms with Crippen LogP contribution in [0.2, 0.25) is 5.02 Å². The first-order valence-electron chi connectivity index (χ1n) is 10.5. The Morgan fingerprint density at radius 1 is 1.27 bits per heavy atom. The lowest BCUT2D eigenvalue weighted by Gasteiger charge is -2.27. The smallest absolute Gasteiger partial charge is 0.309 e. The van der Waals surface area contributed by atoms with E-state index in [0.29, 0.717) is 44.9 Å². The number of hydrogen-bond acceptors (Lipinski definition) is 7. The van der Waals surface area contributed by atoms with E-state index in [1.54, 1.807) is 24.4 Å². The van der Waals surface area contributed by atoms with Gasteiger partial charge in [-0.1, -0.05) is 23.7 Å². The number of hydrogen-bond donors (Lipinski definition) is 2. The molecule has 3 aromatic rings. The first-order chi connectivity index (χ1) is 15.8. The molecule has 1 aliphatic rings. The molecule has 3 heterocycles. The van der Waals surface area contributed by atoms with Crippen LogP contribution in [0.5, 0.6) is 11.6 Å². The van der Waals surface area contributed by atoms with Gasteiger partial charge in [-0.05, 0) is 43.9 Å². The summed E-state index contributed by atoms with van der Waals surface area (Å²) in [5.41, 5.74) is 4.21. The molecule has 2 N–H and O–H groups in total. The molecular weight excluding hydrogens is 446 g/mol. The summed E-state index contributed by atoms with van der Waals surface area (Å²) in [5.74, 6) is -0.938. The molecule has 3 atom stereocenters. The average Bonchev–Trinajstić information content (AvgIpc) is 2.82. The van der Waals surface area contributed by atoms with E-state index in [2.05, 4.69) is 15.0 Å². The van der Waals surface area contributed by atoms with Gasteiger partial charge in [0, 0.05) is 11.6 Å². The van der Waals surface area contributed by atoms with Crippen LogP contribution in [0.15, 0.2) is 36.7 Å². The van der Waals surface area contributed by atoms with Gasteiger partial charge in [0.25, 0.3) is 0 Å². The van der Waals surface area contributed by atoms with Crippen molar-refractivity contribution >= 4 is 17.6 Å². The SMILES string of the molecule is COc1cc(-c2cnc(C3CCc4ccc([C@H](O)[C@H](C)C(=O)O)cc4O3)c(C)n2)c(Cl)cn1. The van der Waals surface area contributed by atoms with Gasteiger partial charge >= 0.3 is 5.97 Å². The van der Waals surface area contributed by atoms with E-state index in [1.807, 2.05) is 13.0 Å². The number of pyridine rings is 1. The van der Waals surface area contributed by atoms with Gasteiger partial charge in [-0.25, -0.2) is 9.97 Å². The van der Waals surface area contributed by atoms with Gasteiger partial charge in [-0.3, -0.25) is 9.78 Å². The van der Waals surface area contributed by atoms with Crippen LogP contribution in [-0.2, 0) is 11.2 Å². The van der Waals surface area contributed by atoms with Gasteiger partial charge in [0.15, 0.2) is 0 Å². The molecule has 2 aromatic heterocycles. The highest BCUT2D eigenvalue weighted by atomic mass is 35.5. The minimum atomic E-state index is -1.13. The molecule has 9 heteroatoms. The average molecular weight is 470 g/mol. The molecule has 1 unspecified atom stereocenters. The number of ether oxygens (including phenoxy) is 2. The Balaban J connectivity index is 1.60. The van der Waals surface area contributed by atoms with Crippen molar-refractivity contribution in [2.24, 2.45) is 5.92 Å². The zero-order valence-electron chi connectivity index (χ0n) is 18.4. The second-order valence-electron chi connectivity index (χ2n) is 8.02. The highest BCUT2D eigenvalue weighted by molar-refractivity contribution is 6.33. The van der Waals surface area contributed by atoms with Crippen molar-refractivity contribution in [3.8, 4) is 22.9 Å². The Labute approximate surface area is 196 Å². The summed E-state index contributed by atoms with van der Waals surface area (Å²) in [6.45, 7) is 3.34. The van der Waals surface area contributed by atoms with Gasteiger partial charge in [0.2, 0.25) is 5.88 Å². The van der Waals surface area contributed by atoms with Crippen molar-refractivity contribution < 1.29 is 24.5 Å². The van der Waals surface area contributed by atoms with Crippen molar-refractivity contribution in [1.29, 1.82) is 0 Å². The number of carboxylic acid groups (broad SMARTS) is 1. The van der Waals surface area contributed by atoms with Gasteiger partial charge in [-0.15, -0.1) is 0 Å². The maximum atomic E-state index is 11.2. The third kappa shape index (κ3) is 4.62. The lowest BCUT2D eigenvalue weighted by molar-refractivity contribution is -0.145. The minimum Gasteiger partial charge on any atom is -0.484 e. The summed E-state index contributed by atoms with van der Waals surface area (Å²) in [7, 11) is 1.53. The Morgan fingerprint density at radius 3 is 2.76 bits per heavy atom. The van der Waals surface area contributed by atoms with E-state index in [4.69, 9.17) is 21.1 Å². The minimum absolute atomic E-state index is 0.314. The fourth-order valence-electron chi connectivity index (χ4n) is 3.85. The molecule has 0 saturated heterocycles. The number of rotatable bonds is 6. The number of aromatic nitrogens is 3. The number of aliphatic hydroxyl groups is 1. The monoisotopic (exact) mass is 469 g/mol. The van der Waals surface area contributed by atoms with Crippen molar-refractivity contribution in [1.82, 2.24) is 15.0 Å². The van der Waals surface area contributed by atoms with Crippen LogP contribution in [0, 0.1) is 12.8 Å². The normalized spacial score (nSPS) is 16.9. The molecule has 0 fully saturated rings. The largest absolute Gasteiger partial charge is 0.484 e. The summed E-state index contributed by atoms with van der Waals surface area (Å²) >= 11 is 6.30. The highest BCUT2D eigenvalue weighted by Crippen LogP contribution is 2.38. The fourth-order valence-corrected chi connectivity index (χ4v) is 4.05. The third-order valence-corrected chi connectivity index (χ3v) is 6.15. The lowest BCUT2D eigenvalue weighted by atomic mass is 9.93. The zero-order valence-corrected chi connectivity index (χ0v) is 19.2. The molecule has 33 heavy (non-hydrogen) atoms. The van der Waals surface area contributed by atoms with E-state index in [9.17, 15) is 15.0 Å². The van der Waals surface area contributed by atoms with Crippen LogP contribution in [0.25, 0.3) is 11.3 Å². The van der Waals surface area contributed by atoms with Crippen LogP contribution in [0.4, 0.5) is 0 Å². The number of aliphatic carboxylic acids is 1. The number of aryl methyl sites for hydroxylation is 2. The van der Waals surface area contributed by atoms with E-state index in [0.717, 1.165) is 18.4 Å². The highest BCUT2D eigenvalue weighted by Gasteiger charge is 2.28. The lowest BCUT2D eigenvalue weighted by Crippen LogP contribution is -2.20. The first-order valence-corrected chi connectivity index (χ1v) is 10.9. The van der Waals surface area contributed by atoms with Crippen molar-refractivity contribution in [2.45, 2.75) is 38.9 Å². The maximum Gasteiger partial charge on any atom is 0.309 e. The van der Waals surface area contributed by atoms with Gasteiger partial charge < -0.3 is 19.7 Å². The quantitative estimate of drug-likeness (QED) is 0.548. The van der Waals surface area contributed by atoms with Crippen LogP contribution in [-0.4, -0.2) is 38.2 Å². The molecule has 4 rings (SSSR count). The second-order valence-corrected chi connectivity index (χ2v) is 8.42. The Bertz CT molecular complexity index is 1200. The Hall–Kier alpha value is -3.23. The molecule has 0 aliphatic carbocycles.